The van der Waals surface area contributed by atoms with E-state index in [4.69, 9.17) is 20.4 Å². The van der Waals surface area contributed by atoms with Crippen LogP contribution >= 0.6 is 0 Å². The molecule has 0 amide bonds. The first-order valence-electron chi connectivity index (χ1n) is 3.36. The Kier molecular flexibility index (Phi) is 15.8. The van der Waals surface area contributed by atoms with Crippen LogP contribution in [0.4, 0.5) is 0 Å². The number of carbonyl (C=O) groups excluding carboxylic acids is 2. The van der Waals surface area contributed by atoms with Gasteiger partial charge in [0.05, 0.1) is 25.2 Å². The van der Waals surface area contributed by atoms with Crippen molar-refractivity contribution in [3.05, 3.63) is 0 Å². The molecule has 0 saturated carbocycles. The van der Waals surface area contributed by atoms with Crippen LogP contribution in [0.2, 0.25) is 0 Å². The fourth-order valence-electron chi connectivity index (χ4n) is 0.149. The van der Waals surface area contributed by atoms with Gasteiger partial charge in [0.2, 0.25) is 0 Å². The second-order valence-electron chi connectivity index (χ2n) is 2.03. The van der Waals surface area contributed by atoms with Crippen LogP contribution in [0.15, 0.2) is 0 Å². The van der Waals surface area contributed by atoms with Crippen LogP contribution in [0.1, 0.15) is 0 Å². The molecule has 2 unspecified atom stereocenters. The van der Waals surface area contributed by atoms with Crippen LogP contribution in [0, 0.1) is 0 Å². The molecule has 0 radical (unpaired) electrons. The number of aliphatic carboxylic acids is 2. The Hall–Kier alpha value is -0.298. The Bertz CT molecular complexity index is 164. The van der Waals surface area contributed by atoms with Crippen molar-refractivity contribution in [2.45, 2.75) is 12.2 Å². The number of hydrogen-bond donors (Lipinski definition) is 4. The first-order valence-corrected chi connectivity index (χ1v) is 3.36. The molecule has 0 aliphatic carbocycles. The number of rotatable bonds is 4. The molecule has 0 spiro atoms. The third-order valence-electron chi connectivity index (χ3n) is 0.890. The van der Waals surface area contributed by atoms with Gasteiger partial charge in [-0.3, -0.25) is 0 Å². The van der Waals surface area contributed by atoms with E-state index in [1.165, 1.54) is 0 Å². The van der Waals surface area contributed by atoms with E-state index >= 15 is 0 Å². The molecule has 4 N–H and O–H groups in total. The molecule has 0 saturated heterocycles. The fraction of sp³-hybridized carbons (Fsp3) is 0.667. The smallest absolute Gasteiger partial charge is 0.547 e. The molecule has 0 aromatic rings. The summed E-state index contributed by atoms with van der Waals surface area (Å²) in [6, 6.07) is 0. The van der Waals surface area contributed by atoms with Gasteiger partial charge in [-0.15, -0.1) is 0 Å². The van der Waals surface area contributed by atoms with E-state index < -0.39 is 37.4 Å². The molecule has 0 rings (SSSR count). The minimum absolute atomic E-state index is 0. The van der Waals surface area contributed by atoms with Crippen molar-refractivity contribution in [2.24, 2.45) is 0 Å². The van der Waals surface area contributed by atoms with Gasteiger partial charge >= 0.3 is 27.3 Å². The molecule has 0 bridgehead atoms. The first-order chi connectivity index (χ1) is 6.36. The molecule has 9 heteroatoms. The van der Waals surface area contributed by atoms with Gasteiger partial charge in [-0.05, 0) is 0 Å². The van der Waals surface area contributed by atoms with Gasteiger partial charge < -0.3 is 40.2 Å². The molecule has 0 aliphatic heterocycles. The summed E-state index contributed by atoms with van der Waals surface area (Å²) in [6.45, 7) is -1.58. The molecular formula is C6H10CdO8. The van der Waals surface area contributed by atoms with Gasteiger partial charge in [0.1, 0.15) is 12.2 Å². The first kappa shape index (κ1) is 20.2. The second kappa shape index (κ2) is 11.8. The van der Waals surface area contributed by atoms with Gasteiger partial charge in [0, 0.05) is 0 Å². The zero-order chi connectivity index (χ0) is 11.7. The number of carboxylic acids is 2. The van der Waals surface area contributed by atoms with E-state index in [0.717, 1.165) is 0 Å². The summed E-state index contributed by atoms with van der Waals surface area (Å²) in [7, 11) is 0. The van der Waals surface area contributed by atoms with E-state index in [1.54, 1.807) is 0 Å². The average Bonchev–Trinajstić information content (AvgIpc) is 2.15. The molecule has 0 aliphatic rings. The number of hydrogen-bond acceptors (Lipinski definition) is 8. The zero-order valence-electron chi connectivity index (χ0n) is 7.70. The Balaban J connectivity index is -0.000000180. The van der Waals surface area contributed by atoms with Crippen molar-refractivity contribution in [2.75, 3.05) is 13.2 Å². The van der Waals surface area contributed by atoms with Gasteiger partial charge in [0.15, 0.2) is 0 Å². The Morgan fingerprint density at radius 2 is 1.13 bits per heavy atom. The maximum absolute atomic E-state index is 9.41. The summed E-state index contributed by atoms with van der Waals surface area (Å²) in [5, 5.41) is 50.5. The molecule has 8 nitrogen and oxygen atoms in total. The largest absolute Gasteiger partial charge is 2.00 e. The van der Waals surface area contributed by atoms with E-state index in [1.807, 2.05) is 0 Å². The standard InChI is InChI=1S/2C3H6O4.Cd/c2*4-1-2(5)3(6)7;/h2*2,4-5H,1H2,(H,6,7);/q;;+2/p-2. The quantitative estimate of drug-likeness (QED) is 0.372. The maximum Gasteiger partial charge on any atom is 2.00 e. The molecule has 0 aromatic carbocycles. The van der Waals surface area contributed by atoms with Gasteiger partial charge in [-0.2, -0.15) is 0 Å². The van der Waals surface area contributed by atoms with E-state index in [0.29, 0.717) is 0 Å². The Labute approximate surface area is 105 Å². The normalized spacial score (nSPS) is 12.5. The maximum atomic E-state index is 9.41. The van der Waals surface area contributed by atoms with Crippen molar-refractivity contribution in [1.82, 2.24) is 0 Å². The number of aliphatic hydroxyl groups is 4. The number of carboxylic acid groups (broad SMARTS) is 2. The van der Waals surface area contributed by atoms with Crippen LogP contribution < -0.4 is 10.2 Å². The Morgan fingerprint density at radius 1 is 0.933 bits per heavy atom. The van der Waals surface area contributed by atoms with Gasteiger partial charge in [-0.25, -0.2) is 0 Å². The summed E-state index contributed by atoms with van der Waals surface area (Å²) in [4.78, 5) is 18.8. The van der Waals surface area contributed by atoms with Crippen molar-refractivity contribution in [3.63, 3.8) is 0 Å². The minimum Gasteiger partial charge on any atom is -0.547 e. The molecule has 15 heavy (non-hydrogen) atoms. The fourth-order valence-corrected chi connectivity index (χ4v) is 0.149. The summed E-state index contributed by atoms with van der Waals surface area (Å²) < 4.78 is 0. The molecule has 0 heterocycles. The number of carbonyl (C=O) groups is 2. The van der Waals surface area contributed by atoms with Crippen LogP contribution in [0.5, 0.6) is 0 Å². The minimum atomic E-state index is -1.74. The summed E-state index contributed by atoms with van der Waals surface area (Å²) in [6.07, 6.45) is -3.47. The average molecular weight is 323 g/mol. The molecule has 0 aromatic heterocycles. The summed E-state index contributed by atoms with van der Waals surface area (Å²) in [5.74, 6) is -3.30. The van der Waals surface area contributed by atoms with Gasteiger partial charge in [-0.1, -0.05) is 0 Å². The number of aliphatic hydroxyl groups excluding tert-OH is 4. The predicted octanol–water partition coefficient (Wildman–Crippen LogP) is -5.82. The van der Waals surface area contributed by atoms with Crippen molar-refractivity contribution >= 4 is 11.9 Å². The zero-order valence-corrected chi connectivity index (χ0v) is 11.7. The van der Waals surface area contributed by atoms with Crippen molar-refractivity contribution < 1.29 is 67.5 Å². The van der Waals surface area contributed by atoms with Gasteiger partial charge in [0.25, 0.3) is 0 Å². The Morgan fingerprint density at radius 3 is 1.13 bits per heavy atom. The molecule has 84 valence electrons. The third kappa shape index (κ3) is 13.7. The SMILES string of the molecule is O=C([O-])C(O)CO.O=C([O-])C(O)CO.[Cd+2]. The molecular weight excluding hydrogens is 312 g/mol. The summed E-state index contributed by atoms with van der Waals surface area (Å²) in [5.41, 5.74) is 0. The topological polar surface area (TPSA) is 161 Å². The molecule has 2 atom stereocenters. The second-order valence-corrected chi connectivity index (χ2v) is 2.03. The predicted molar refractivity (Wildman–Crippen MR) is 36.2 cm³/mol. The summed E-state index contributed by atoms with van der Waals surface area (Å²) >= 11 is 0. The van der Waals surface area contributed by atoms with E-state index in [9.17, 15) is 19.8 Å². The van der Waals surface area contributed by atoms with Crippen LogP contribution in [-0.2, 0) is 36.9 Å². The van der Waals surface area contributed by atoms with E-state index in [2.05, 4.69) is 0 Å². The van der Waals surface area contributed by atoms with Crippen molar-refractivity contribution in [3.8, 4) is 0 Å². The van der Waals surface area contributed by atoms with Crippen LogP contribution in [-0.4, -0.2) is 57.8 Å². The molecule has 0 fully saturated rings. The third-order valence-corrected chi connectivity index (χ3v) is 0.890. The monoisotopic (exact) mass is 324 g/mol. The van der Waals surface area contributed by atoms with E-state index in [-0.39, 0.29) is 27.3 Å². The van der Waals surface area contributed by atoms with Crippen LogP contribution in [0.25, 0.3) is 0 Å². The van der Waals surface area contributed by atoms with Crippen LogP contribution in [0.3, 0.4) is 0 Å². The van der Waals surface area contributed by atoms with Crippen molar-refractivity contribution in [1.29, 1.82) is 0 Å².